The van der Waals surface area contributed by atoms with E-state index in [0.717, 1.165) is 5.56 Å². The minimum Gasteiger partial charge on any atom is -0.459 e. The van der Waals surface area contributed by atoms with Crippen molar-refractivity contribution in [3.63, 3.8) is 0 Å². The zero-order valence-corrected chi connectivity index (χ0v) is 8.33. The van der Waals surface area contributed by atoms with Gasteiger partial charge in [-0.05, 0) is 18.2 Å². The molecule has 2 heterocycles. The first kappa shape index (κ1) is 10.1. The highest BCUT2D eigenvalue weighted by Crippen LogP contribution is 1.98. The summed E-state index contributed by atoms with van der Waals surface area (Å²) in [5, 5.41) is 3.77. The van der Waals surface area contributed by atoms with Gasteiger partial charge in [0.1, 0.15) is 0 Å². The third-order valence-electron chi connectivity index (χ3n) is 1.81. The zero-order valence-electron chi connectivity index (χ0n) is 8.33. The Morgan fingerprint density at radius 1 is 1.44 bits per heavy atom. The maximum Gasteiger partial charge on any atom is 0.307 e. The van der Waals surface area contributed by atoms with Crippen molar-refractivity contribution >= 4 is 12.1 Å². The number of nitrogens with one attached hydrogen (secondary N) is 1. The fraction of sp³-hybridized carbons (Fsp3) is 0. The van der Waals surface area contributed by atoms with Crippen molar-refractivity contribution < 1.29 is 9.21 Å². The summed E-state index contributed by atoms with van der Waals surface area (Å²) in [6.45, 7) is 0. The van der Waals surface area contributed by atoms with Crippen LogP contribution in [0.5, 0.6) is 0 Å². The van der Waals surface area contributed by atoms with Gasteiger partial charge in [-0.2, -0.15) is 5.10 Å². The Bertz CT molecular complexity index is 477. The van der Waals surface area contributed by atoms with E-state index in [1.807, 2.05) is 6.07 Å². The molecule has 5 nitrogen and oxygen atoms in total. The summed E-state index contributed by atoms with van der Waals surface area (Å²) in [7, 11) is 0. The van der Waals surface area contributed by atoms with Crippen molar-refractivity contribution in [3.8, 4) is 0 Å². The number of rotatable bonds is 3. The van der Waals surface area contributed by atoms with E-state index in [9.17, 15) is 4.79 Å². The standard InChI is InChI=1S/C11H9N3O2/c15-11(10-4-2-6-16-10)14-13-8-9-3-1-5-12-7-9/h1-8H,(H,14,15). The van der Waals surface area contributed by atoms with E-state index in [4.69, 9.17) is 4.42 Å². The molecular formula is C11H9N3O2. The van der Waals surface area contributed by atoms with Gasteiger partial charge in [0.15, 0.2) is 5.76 Å². The molecule has 1 N–H and O–H groups in total. The lowest BCUT2D eigenvalue weighted by atomic mass is 10.3. The quantitative estimate of drug-likeness (QED) is 0.622. The van der Waals surface area contributed by atoms with Gasteiger partial charge in [-0.25, -0.2) is 5.43 Å². The number of nitrogens with zero attached hydrogens (tertiary/aromatic N) is 2. The van der Waals surface area contributed by atoms with Gasteiger partial charge in [0, 0.05) is 18.0 Å². The molecule has 16 heavy (non-hydrogen) atoms. The topological polar surface area (TPSA) is 67.5 Å². The molecule has 0 spiro atoms. The zero-order chi connectivity index (χ0) is 11.2. The number of furan rings is 1. The summed E-state index contributed by atoms with van der Waals surface area (Å²) in [6, 6.07) is 6.82. The number of hydrogen-bond donors (Lipinski definition) is 1. The monoisotopic (exact) mass is 215 g/mol. The van der Waals surface area contributed by atoms with Crippen molar-refractivity contribution in [2.24, 2.45) is 5.10 Å². The minimum absolute atomic E-state index is 0.225. The molecule has 5 heteroatoms. The van der Waals surface area contributed by atoms with Gasteiger partial charge in [-0.3, -0.25) is 9.78 Å². The van der Waals surface area contributed by atoms with E-state index in [-0.39, 0.29) is 11.7 Å². The maximum absolute atomic E-state index is 11.4. The first-order valence-corrected chi connectivity index (χ1v) is 4.63. The van der Waals surface area contributed by atoms with E-state index >= 15 is 0 Å². The molecule has 80 valence electrons. The summed E-state index contributed by atoms with van der Waals surface area (Å²) >= 11 is 0. The highest BCUT2D eigenvalue weighted by Gasteiger charge is 2.05. The molecule has 0 unspecified atom stereocenters. The summed E-state index contributed by atoms with van der Waals surface area (Å²) < 4.78 is 4.90. The van der Waals surface area contributed by atoms with Crippen LogP contribution in [0.3, 0.4) is 0 Å². The molecule has 0 aromatic carbocycles. The van der Waals surface area contributed by atoms with E-state index in [1.54, 1.807) is 30.6 Å². The number of carbonyl (C=O) groups excluding carboxylic acids is 1. The van der Waals surface area contributed by atoms with Crippen LogP contribution in [0, 0.1) is 0 Å². The van der Waals surface area contributed by atoms with Crippen LogP contribution in [0.25, 0.3) is 0 Å². The third kappa shape index (κ3) is 2.54. The van der Waals surface area contributed by atoms with Crippen molar-refractivity contribution in [3.05, 3.63) is 54.2 Å². The molecule has 0 aliphatic heterocycles. The second-order valence-corrected chi connectivity index (χ2v) is 2.96. The lowest BCUT2D eigenvalue weighted by Crippen LogP contribution is -2.16. The van der Waals surface area contributed by atoms with Crippen LogP contribution >= 0.6 is 0 Å². The molecule has 0 bridgehead atoms. The molecule has 0 saturated carbocycles. The van der Waals surface area contributed by atoms with E-state index < -0.39 is 0 Å². The van der Waals surface area contributed by atoms with Gasteiger partial charge < -0.3 is 4.42 Å². The second kappa shape index (κ2) is 4.88. The predicted molar refractivity (Wildman–Crippen MR) is 58.0 cm³/mol. The SMILES string of the molecule is O=C(NN=Cc1cccnc1)c1ccco1. The number of aromatic nitrogens is 1. The normalized spacial score (nSPS) is 10.5. The third-order valence-corrected chi connectivity index (χ3v) is 1.81. The fourth-order valence-electron chi connectivity index (χ4n) is 1.08. The molecule has 2 aromatic heterocycles. The summed E-state index contributed by atoms with van der Waals surface area (Å²) in [5.74, 6) is -0.159. The molecule has 2 aromatic rings. The molecule has 2 rings (SSSR count). The number of pyridine rings is 1. The van der Waals surface area contributed by atoms with Crippen LogP contribution in [0.2, 0.25) is 0 Å². The molecule has 0 aliphatic carbocycles. The number of amides is 1. The average molecular weight is 215 g/mol. The van der Waals surface area contributed by atoms with Crippen LogP contribution in [0.15, 0.2) is 52.4 Å². The van der Waals surface area contributed by atoms with E-state index in [2.05, 4.69) is 15.5 Å². The Morgan fingerprint density at radius 3 is 3.06 bits per heavy atom. The Labute approximate surface area is 91.8 Å². The van der Waals surface area contributed by atoms with Crippen molar-refractivity contribution in [1.29, 1.82) is 0 Å². The predicted octanol–water partition coefficient (Wildman–Crippen LogP) is 1.44. The largest absolute Gasteiger partial charge is 0.459 e. The number of hydrogen-bond acceptors (Lipinski definition) is 4. The average Bonchev–Trinajstić information content (AvgIpc) is 2.84. The van der Waals surface area contributed by atoms with Crippen molar-refractivity contribution in [2.45, 2.75) is 0 Å². The second-order valence-electron chi connectivity index (χ2n) is 2.96. The van der Waals surface area contributed by atoms with Crippen molar-refractivity contribution in [2.75, 3.05) is 0 Å². The summed E-state index contributed by atoms with van der Waals surface area (Å²) in [5.41, 5.74) is 3.15. The smallest absolute Gasteiger partial charge is 0.307 e. The first-order valence-electron chi connectivity index (χ1n) is 4.63. The highest BCUT2D eigenvalue weighted by atomic mass is 16.3. The lowest BCUT2D eigenvalue weighted by molar-refractivity contribution is 0.0927. The number of hydrazone groups is 1. The summed E-state index contributed by atoms with van der Waals surface area (Å²) in [6.07, 6.45) is 6.24. The van der Waals surface area contributed by atoms with Crippen LogP contribution in [-0.2, 0) is 0 Å². The van der Waals surface area contributed by atoms with Gasteiger partial charge in [0.05, 0.1) is 12.5 Å². The Morgan fingerprint density at radius 2 is 2.38 bits per heavy atom. The Hall–Kier alpha value is -2.43. The molecule has 0 radical (unpaired) electrons. The summed E-state index contributed by atoms with van der Waals surface area (Å²) in [4.78, 5) is 15.3. The Kier molecular flexibility index (Phi) is 3.08. The van der Waals surface area contributed by atoms with Gasteiger partial charge in [0.25, 0.3) is 0 Å². The molecule has 0 saturated heterocycles. The van der Waals surface area contributed by atoms with Gasteiger partial charge in [0.2, 0.25) is 0 Å². The van der Waals surface area contributed by atoms with Gasteiger partial charge in [-0.1, -0.05) is 6.07 Å². The van der Waals surface area contributed by atoms with Crippen LogP contribution in [0.1, 0.15) is 16.1 Å². The maximum atomic E-state index is 11.4. The van der Waals surface area contributed by atoms with Gasteiger partial charge >= 0.3 is 5.91 Å². The first-order chi connectivity index (χ1) is 7.86. The van der Waals surface area contributed by atoms with Gasteiger partial charge in [-0.15, -0.1) is 0 Å². The van der Waals surface area contributed by atoms with Crippen LogP contribution in [0.4, 0.5) is 0 Å². The molecule has 0 atom stereocenters. The minimum atomic E-state index is -0.384. The molecular weight excluding hydrogens is 206 g/mol. The Balaban J connectivity index is 1.93. The van der Waals surface area contributed by atoms with Crippen LogP contribution in [-0.4, -0.2) is 17.1 Å². The highest BCUT2D eigenvalue weighted by molar-refractivity contribution is 5.92. The van der Waals surface area contributed by atoms with Crippen molar-refractivity contribution in [1.82, 2.24) is 10.4 Å². The lowest BCUT2D eigenvalue weighted by Gasteiger charge is -1.94. The molecule has 1 amide bonds. The number of carbonyl (C=O) groups is 1. The fourth-order valence-corrected chi connectivity index (χ4v) is 1.08. The molecule has 0 aliphatic rings. The van der Waals surface area contributed by atoms with E-state index in [0.29, 0.717) is 0 Å². The molecule has 0 fully saturated rings. The van der Waals surface area contributed by atoms with E-state index in [1.165, 1.54) is 12.5 Å². The van der Waals surface area contributed by atoms with Crippen LogP contribution < -0.4 is 5.43 Å².